The number of rotatable bonds is 6. The van der Waals surface area contributed by atoms with E-state index in [0.29, 0.717) is 11.0 Å². The molecule has 0 saturated heterocycles. The van der Waals surface area contributed by atoms with Crippen LogP contribution >= 0.6 is 11.3 Å². The van der Waals surface area contributed by atoms with E-state index in [-0.39, 0.29) is 16.7 Å². The summed E-state index contributed by atoms with van der Waals surface area (Å²) >= 11 is 1.39. The molecule has 1 aromatic carbocycles. The predicted octanol–water partition coefficient (Wildman–Crippen LogP) is 3.49. The lowest BCUT2D eigenvalue weighted by Crippen LogP contribution is -2.30. The number of thiazole rings is 1. The quantitative estimate of drug-likeness (QED) is 0.835. The lowest BCUT2D eigenvalue weighted by molar-refractivity contribution is -0.119. The molecule has 1 amide bonds. The van der Waals surface area contributed by atoms with Gasteiger partial charge in [0.05, 0.1) is 10.3 Å². The summed E-state index contributed by atoms with van der Waals surface area (Å²) in [5, 5.41) is 5.33. The molecule has 1 saturated carbocycles. The van der Waals surface area contributed by atoms with Gasteiger partial charge in [0.1, 0.15) is 0 Å². The summed E-state index contributed by atoms with van der Waals surface area (Å²) in [5.74, 6) is 0.701. The van der Waals surface area contributed by atoms with E-state index in [1.807, 2.05) is 5.38 Å². The van der Waals surface area contributed by atoms with Gasteiger partial charge in [-0.2, -0.15) is 0 Å². The molecule has 5 nitrogen and oxygen atoms in total. The Morgan fingerprint density at radius 2 is 2.04 bits per heavy atom. The van der Waals surface area contributed by atoms with Gasteiger partial charge in [0.2, 0.25) is 5.91 Å². The van der Waals surface area contributed by atoms with Crippen molar-refractivity contribution in [3.63, 3.8) is 0 Å². The van der Waals surface area contributed by atoms with Crippen molar-refractivity contribution in [2.75, 3.05) is 11.6 Å². The Bertz CT molecular complexity index is 858. The molecule has 2 atom stereocenters. The van der Waals surface area contributed by atoms with Gasteiger partial charge in [0.25, 0.3) is 0 Å². The van der Waals surface area contributed by atoms with Crippen molar-refractivity contribution in [2.45, 2.75) is 37.0 Å². The topological polar surface area (TPSA) is 76.1 Å². The smallest absolute Gasteiger partial charge is 0.237 e. The minimum absolute atomic E-state index is 0.0554. The molecule has 0 bridgehead atoms. The first-order chi connectivity index (χ1) is 11.7. The van der Waals surface area contributed by atoms with Gasteiger partial charge in [-0.1, -0.05) is 26.0 Å². The molecule has 0 unspecified atom stereocenters. The summed E-state index contributed by atoms with van der Waals surface area (Å²) in [6, 6.07) is 6.73. The lowest BCUT2D eigenvalue weighted by atomic mass is 9.89. The molecule has 1 heterocycles. The second-order valence-corrected chi connectivity index (χ2v) is 10.0. The van der Waals surface area contributed by atoms with Crippen LogP contribution in [0.2, 0.25) is 0 Å². The van der Waals surface area contributed by atoms with Crippen LogP contribution in [0, 0.1) is 11.8 Å². The maximum atomic E-state index is 13.0. The Morgan fingerprint density at radius 3 is 2.56 bits per heavy atom. The number of sulfone groups is 1. The van der Waals surface area contributed by atoms with Crippen molar-refractivity contribution in [3.8, 4) is 0 Å². The second kappa shape index (κ2) is 6.53. The van der Waals surface area contributed by atoms with Gasteiger partial charge >= 0.3 is 0 Å². The Labute approximate surface area is 152 Å². The number of anilines is 1. The van der Waals surface area contributed by atoms with Crippen LogP contribution < -0.4 is 5.32 Å². The molecule has 1 N–H and O–H groups in total. The predicted molar refractivity (Wildman–Crippen MR) is 99.5 cm³/mol. The number of carbonyl (C=O) groups excluding carboxylic acids is 1. The zero-order chi connectivity index (χ0) is 18.2. The molecule has 0 aliphatic heterocycles. The Morgan fingerprint density at radius 1 is 1.36 bits per heavy atom. The lowest BCUT2D eigenvalue weighted by Gasteiger charge is -2.18. The van der Waals surface area contributed by atoms with E-state index in [0.717, 1.165) is 18.4 Å². The first kappa shape index (κ1) is 18.1. The standard InChI is InChI=1S/C18H22N2O3S2/c1-12(2)10-14-11-18(14,16(21)20-17-19-8-9-24-17)13-4-6-15(7-5-13)25(3,22)23/h4-9,12,14H,10-11H2,1-3H3,(H,19,20,21)/t14-,18+/m1/s1. The molecule has 3 rings (SSSR count). The number of amides is 1. The van der Waals surface area contributed by atoms with Crippen molar-refractivity contribution in [2.24, 2.45) is 11.8 Å². The van der Waals surface area contributed by atoms with Crippen molar-refractivity contribution in [3.05, 3.63) is 41.4 Å². The number of hydrogen-bond acceptors (Lipinski definition) is 5. The number of nitrogens with one attached hydrogen (secondary N) is 1. The number of aromatic nitrogens is 1. The van der Waals surface area contributed by atoms with Gasteiger partial charge in [-0.25, -0.2) is 13.4 Å². The van der Waals surface area contributed by atoms with Crippen molar-refractivity contribution in [1.29, 1.82) is 0 Å². The molecule has 7 heteroatoms. The third kappa shape index (κ3) is 3.62. The van der Waals surface area contributed by atoms with E-state index >= 15 is 0 Å². The monoisotopic (exact) mass is 378 g/mol. The van der Waals surface area contributed by atoms with Crippen LogP contribution in [-0.2, 0) is 20.0 Å². The summed E-state index contributed by atoms with van der Waals surface area (Å²) < 4.78 is 23.4. The van der Waals surface area contributed by atoms with Crippen LogP contribution in [0.25, 0.3) is 0 Å². The van der Waals surface area contributed by atoms with Crippen LogP contribution in [0.1, 0.15) is 32.3 Å². The third-order valence-corrected chi connectivity index (χ3v) is 6.53. The van der Waals surface area contributed by atoms with Crippen LogP contribution in [-0.4, -0.2) is 25.6 Å². The molecule has 0 radical (unpaired) electrons. The normalized spacial score (nSPS) is 22.8. The molecule has 2 aromatic rings. The van der Waals surface area contributed by atoms with Crippen LogP contribution in [0.15, 0.2) is 40.7 Å². The molecule has 0 spiro atoms. The fraction of sp³-hybridized carbons (Fsp3) is 0.444. The van der Waals surface area contributed by atoms with Crippen molar-refractivity contribution >= 4 is 32.2 Å². The maximum absolute atomic E-state index is 13.0. The molecule has 1 aliphatic carbocycles. The second-order valence-electron chi connectivity index (χ2n) is 7.09. The molecule has 25 heavy (non-hydrogen) atoms. The van der Waals surface area contributed by atoms with Crippen LogP contribution in [0.5, 0.6) is 0 Å². The highest BCUT2D eigenvalue weighted by Gasteiger charge is 2.60. The van der Waals surface area contributed by atoms with E-state index in [2.05, 4.69) is 24.1 Å². The zero-order valence-corrected chi connectivity index (χ0v) is 16.2. The van der Waals surface area contributed by atoms with Gasteiger partial charge in [0.15, 0.2) is 15.0 Å². The molecule has 1 aliphatic rings. The Kier molecular flexibility index (Phi) is 4.72. The summed E-state index contributed by atoms with van der Waals surface area (Å²) in [4.78, 5) is 17.4. The SMILES string of the molecule is CC(C)C[C@@H]1C[C@]1(C(=O)Nc1nccs1)c1ccc(S(C)(=O)=O)cc1. The highest BCUT2D eigenvalue weighted by Crippen LogP contribution is 2.57. The van der Waals surface area contributed by atoms with Crippen molar-refractivity contribution < 1.29 is 13.2 Å². The average Bonchev–Trinajstić information content (AvgIpc) is 3.00. The molecular formula is C18H22N2O3S2. The van der Waals surface area contributed by atoms with Gasteiger partial charge in [-0.05, 0) is 42.4 Å². The van der Waals surface area contributed by atoms with E-state index < -0.39 is 15.3 Å². The highest BCUT2D eigenvalue weighted by molar-refractivity contribution is 7.90. The van der Waals surface area contributed by atoms with Gasteiger partial charge in [0, 0.05) is 17.8 Å². The molecule has 134 valence electrons. The average molecular weight is 379 g/mol. The number of carbonyl (C=O) groups is 1. The van der Waals surface area contributed by atoms with E-state index in [1.54, 1.807) is 30.5 Å². The summed E-state index contributed by atoms with van der Waals surface area (Å²) in [6.07, 6.45) is 4.58. The fourth-order valence-electron chi connectivity index (χ4n) is 3.44. The number of hydrogen-bond donors (Lipinski definition) is 1. The molecule has 1 fully saturated rings. The first-order valence-electron chi connectivity index (χ1n) is 8.25. The minimum atomic E-state index is -3.25. The molecular weight excluding hydrogens is 356 g/mol. The van der Waals surface area contributed by atoms with Gasteiger partial charge in [-0.15, -0.1) is 11.3 Å². The highest BCUT2D eigenvalue weighted by atomic mass is 32.2. The van der Waals surface area contributed by atoms with E-state index in [4.69, 9.17) is 0 Å². The minimum Gasteiger partial charge on any atom is -0.301 e. The number of benzene rings is 1. The van der Waals surface area contributed by atoms with E-state index in [1.165, 1.54) is 17.6 Å². The maximum Gasteiger partial charge on any atom is 0.237 e. The van der Waals surface area contributed by atoms with Crippen molar-refractivity contribution in [1.82, 2.24) is 4.98 Å². The first-order valence-corrected chi connectivity index (χ1v) is 11.0. The Balaban J connectivity index is 1.91. The fourth-order valence-corrected chi connectivity index (χ4v) is 4.59. The Hall–Kier alpha value is -1.73. The third-order valence-electron chi connectivity index (χ3n) is 4.72. The van der Waals surface area contributed by atoms with Crippen LogP contribution in [0.4, 0.5) is 5.13 Å². The van der Waals surface area contributed by atoms with Gasteiger partial charge < -0.3 is 5.32 Å². The van der Waals surface area contributed by atoms with Crippen LogP contribution in [0.3, 0.4) is 0 Å². The number of nitrogens with zero attached hydrogens (tertiary/aromatic N) is 1. The zero-order valence-electron chi connectivity index (χ0n) is 14.5. The molecule has 1 aromatic heterocycles. The summed E-state index contributed by atoms with van der Waals surface area (Å²) in [6.45, 7) is 4.29. The summed E-state index contributed by atoms with van der Waals surface area (Å²) in [7, 11) is -3.25. The van der Waals surface area contributed by atoms with Gasteiger partial charge in [-0.3, -0.25) is 4.79 Å². The van der Waals surface area contributed by atoms with E-state index in [9.17, 15) is 13.2 Å². The summed E-state index contributed by atoms with van der Waals surface area (Å²) in [5.41, 5.74) is 0.283. The largest absolute Gasteiger partial charge is 0.301 e.